The van der Waals surface area contributed by atoms with Gasteiger partial charge in [-0.3, -0.25) is 14.5 Å². The Morgan fingerprint density at radius 1 is 1.00 bits per heavy atom. The number of nitrogens with zero attached hydrogens (tertiary/aromatic N) is 4. The van der Waals surface area contributed by atoms with Gasteiger partial charge in [0.25, 0.3) is 5.91 Å². The van der Waals surface area contributed by atoms with Crippen molar-refractivity contribution in [1.29, 1.82) is 0 Å². The van der Waals surface area contributed by atoms with Crippen molar-refractivity contribution in [2.24, 2.45) is 0 Å². The van der Waals surface area contributed by atoms with Crippen molar-refractivity contribution in [2.45, 2.75) is 23.9 Å². The van der Waals surface area contributed by atoms with E-state index in [0.29, 0.717) is 16.5 Å². The molecule has 6 rings (SSSR count). The summed E-state index contributed by atoms with van der Waals surface area (Å²) in [6.45, 7) is 0. The molecule has 1 fully saturated rings. The van der Waals surface area contributed by atoms with Crippen molar-refractivity contribution < 1.29 is 14.3 Å². The largest absolute Gasteiger partial charge is 0.469 e. The normalized spacial score (nSPS) is 17.7. The second kappa shape index (κ2) is 12.7. The fraction of sp³-hybridized carbons (Fsp3) is 0.219. The number of benzene rings is 3. The maximum atomic E-state index is 13.7. The van der Waals surface area contributed by atoms with Crippen LogP contribution in [0.25, 0.3) is 5.57 Å². The van der Waals surface area contributed by atoms with Crippen LogP contribution in [0.3, 0.4) is 0 Å². The van der Waals surface area contributed by atoms with Gasteiger partial charge in [0.05, 0.1) is 6.42 Å². The number of thiocarbonyl (C=S) groups is 1. The lowest BCUT2D eigenvalue weighted by Gasteiger charge is -2.50. The Hall–Kier alpha value is -4.06. The zero-order chi connectivity index (χ0) is 29.9. The van der Waals surface area contributed by atoms with E-state index in [1.807, 2.05) is 110 Å². The summed E-state index contributed by atoms with van der Waals surface area (Å²) in [6, 6.07) is 28.6. The first-order valence-corrected chi connectivity index (χ1v) is 16.0. The minimum absolute atomic E-state index is 0.196. The Bertz CT molecular complexity index is 1620. The fourth-order valence-corrected chi connectivity index (χ4v) is 7.61. The summed E-state index contributed by atoms with van der Waals surface area (Å²) in [5.74, 6) is 0.0974. The van der Waals surface area contributed by atoms with Gasteiger partial charge in [-0.25, -0.2) is 0 Å². The van der Waals surface area contributed by atoms with E-state index in [0.717, 1.165) is 27.4 Å². The molecule has 3 heterocycles. The van der Waals surface area contributed by atoms with Crippen LogP contribution in [-0.2, 0) is 20.7 Å². The summed E-state index contributed by atoms with van der Waals surface area (Å²) in [6.07, 6.45) is -0.285. The number of hydrogen-bond donors (Lipinski definition) is 1. The van der Waals surface area contributed by atoms with Gasteiger partial charge >= 0.3 is 0 Å². The lowest BCUT2D eigenvalue weighted by Crippen LogP contribution is -2.70. The molecule has 2 atom stereocenters. The number of anilines is 1. The Labute approximate surface area is 263 Å². The molecule has 1 aromatic heterocycles. The number of carbonyl (C=O) groups excluding carboxylic acids is 2. The van der Waals surface area contributed by atoms with E-state index in [2.05, 4.69) is 15.5 Å². The second-order valence-electron chi connectivity index (χ2n) is 10.3. The van der Waals surface area contributed by atoms with Gasteiger partial charge in [0.15, 0.2) is 0 Å². The van der Waals surface area contributed by atoms with Crippen LogP contribution in [0.4, 0.5) is 5.13 Å². The molecule has 8 nitrogen and oxygen atoms in total. The first-order valence-electron chi connectivity index (χ1n) is 13.7. The molecule has 43 heavy (non-hydrogen) atoms. The molecule has 0 saturated carbocycles. The molecule has 2 amide bonds. The van der Waals surface area contributed by atoms with Crippen LogP contribution < -0.4 is 10.2 Å². The third-order valence-electron chi connectivity index (χ3n) is 7.17. The predicted octanol–water partition coefficient (Wildman–Crippen LogP) is 5.09. The van der Waals surface area contributed by atoms with Gasteiger partial charge in [-0.2, -0.15) is 0 Å². The molecule has 3 aromatic carbocycles. The van der Waals surface area contributed by atoms with Crippen molar-refractivity contribution in [2.75, 3.05) is 24.7 Å². The van der Waals surface area contributed by atoms with Crippen LogP contribution in [0.15, 0.2) is 96.7 Å². The van der Waals surface area contributed by atoms with Crippen molar-refractivity contribution >= 4 is 62.9 Å². The van der Waals surface area contributed by atoms with Crippen LogP contribution in [0, 0.1) is 0 Å². The molecule has 1 saturated heterocycles. The number of hydrogen-bond acceptors (Lipinski definition) is 9. The third kappa shape index (κ3) is 6.06. The molecule has 0 spiro atoms. The van der Waals surface area contributed by atoms with Gasteiger partial charge in [0.2, 0.25) is 16.1 Å². The number of β-lactam (4-membered cyclic amide) rings is 1. The number of thioether (sulfide) groups is 1. The highest BCUT2D eigenvalue weighted by atomic mass is 32.2. The third-order valence-corrected chi connectivity index (χ3v) is 9.89. The standard InChI is InChI=1S/C32H29N5O3S3/c1-36(2)32-35-34-28(43-32)23-19-42-30-25(33-24(38)18-20-12-6-3-7-13-20)29(39)37(30)26(23)31(41)40-27(21-14-8-4-9-15-21)22-16-10-5-11-17-22/h3-17,25,27,30H,18-19H2,1-2H3,(H,33,38)/t25-,30-/m1/s1. The van der Waals surface area contributed by atoms with E-state index in [4.69, 9.17) is 17.0 Å². The van der Waals surface area contributed by atoms with Crippen LogP contribution in [0.2, 0.25) is 0 Å². The smallest absolute Gasteiger partial charge is 0.253 e. The molecular weight excluding hydrogens is 599 g/mol. The lowest BCUT2D eigenvalue weighted by atomic mass is 10.0. The number of rotatable bonds is 9. The summed E-state index contributed by atoms with van der Waals surface area (Å²) in [7, 11) is 3.82. The number of carbonyl (C=O) groups is 2. The van der Waals surface area contributed by atoms with Crippen LogP contribution in [-0.4, -0.2) is 63.2 Å². The van der Waals surface area contributed by atoms with Gasteiger partial charge in [0.1, 0.15) is 28.2 Å². The quantitative estimate of drug-likeness (QED) is 0.203. The maximum absolute atomic E-state index is 13.7. The fourth-order valence-electron chi connectivity index (χ4n) is 5.04. The molecule has 0 unspecified atom stereocenters. The molecule has 1 N–H and O–H groups in total. The Kier molecular flexibility index (Phi) is 8.55. The molecular formula is C32H29N5O3S3. The summed E-state index contributed by atoms with van der Waals surface area (Å²) >= 11 is 8.99. The molecule has 0 aliphatic carbocycles. The van der Waals surface area contributed by atoms with Gasteiger partial charge in [-0.05, 0) is 28.9 Å². The molecule has 0 radical (unpaired) electrons. The lowest BCUT2D eigenvalue weighted by molar-refractivity contribution is -0.145. The van der Waals surface area contributed by atoms with E-state index < -0.39 is 12.1 Å². The summed E-state index contributed by atoms with van der Waals surface area (Å²) in [5.41, 5.74) is 4.06. The maximum Gasteiger partial charge on any atom is 0.253 e. The predicted molar refractivity (Wildman–Crippen MR) is 175 cm³/mol. The minimum atomic E-state index is -0.661. The van der Waals surface area contributed by atoms with Gasteiger partial charge in [-0.1, -0.05) is 102 Å². The monoisotopic (exact) mass is 627 g/mol. The van der Waals surface area contributed by atoms with Gasteiger partial charge in [-0.15, -0.1) is 22.0 Å². The zero-order valence-electron chi connectivity index (χ0n) is 23.5. The zero-order valence-corrected chi connectivity index (χ0v) is 26.0. The summed E-state index contributed by atoms with van der Waals surface area (Å²) < 4.78 is 6.59. The SMILES string of the molecule is CN(C)c1nnc(C2=C(C(=S)OC(c3ccccc3)c3ccccc3)N3C(=O)[C@@H](NC(=O)Cc4ccccc4)[C@H]3SC2)s1. The Morgan fingerprint density at radius 3 is 2.19 bits per heavy atom. The molecule has 4 aromatic rings. The minimum Gasteiger partial charge on any atom is -0.469 e. The first kappa shape index (κ1) is 29.0. The number of amides is 2. The molecule has 11 heteroatoms. The van der Waals surface area contributed by atoms with E-state index in [9.17, 15) is 9.59 Å². The van der Waals surface area contributed by atoms with Crippen molar-refractivity contribution in [3.05, 3.63) is 118 Å². The van der Waals surface area contributed by atoms with E-state index in [1.54, 1.807) is 16.7 Å². The Morgan fingerprint density at radius 2 is 1.60 bits per heavy atom. The molecule has 2 aliphatic rings. The van der Waals surface area contributed by atoms with Crippen molar-refractivity contribution in [3.8, 4) is 0 Å². The van der Waals surface area contributed by atoms with E-state index >= 15 is 0 Å². The van der Waals surface area contributed by atoms with Gasteiger partial charge < -0.3 is 15.0 Å². The molecule has 218 valence electrons. The first-order chi connectivity index (χ1) is 20.9. The average molecular weight is 628 g/mol. The van der Waals surface area contributed by atoms with E-state index in [-0.39, 0.29) is 28.7 Å². The Balaban J connectivity index is 1.32. The van der Waals surface area contributed by atoms with Crippen LogP contribution in [0.5, 0.6) is 0 Å². The van der Waals surface area contributed by atoms with Crippen LogP contribution in [0.1, 0.15) is 27.8 Å². The highest BCUT2D eigenvalue weighted by Gasteiger charge is 2.54. The number of fused-ring (bicyclic) bond motifs is 1. The number of ether oxygens (including phenoxy) is 1. The summed E-state index contributed by atoms with van der Waals surface area (Å²) in [5, 5.41) is 13.0. The van der Waals surface area contributed by atoms with E-state index in [1.165, 1.54) is 11.3 Å². The highest BCUT2D eigenvalue weighted by molar-refractivity contribution is 8.00. The van der Waals surface area contributed by atoms with Crippen molar-refractivity contribution in [3.63, 3.8) is 0 Å². The molecule has 2 aliphatic heterocycles. The average Bonchev–Trinajstić information content (AvgIpc) is 3.54. The number of nitrogens with one attached hydrogen (secondary N) is 1. The van der Waals surface area contributed by atoms with Gasteiger partial charge in [0, 0.05) is 25.4 Å². The van der Waals surface area contributed by atoms with Crippen LogP contribution >= 0.6 is 35.3 Å². The second-order valence-corrected chi connectivity index (χ2v) is 12.8. The highest BCUT2D eigenvalue weighted by Crippen LogP contribution is 2.45. The molecule has 0 bridgehead atoms. The topological polar surface area (TPSA) is 87.7 Å². The van der Waals surface area contributed by atoms with Crippen molar-refractivity contribution in [1.82, 2.24) is 20.4 Å². The summed E-state index contributed by atoms with van der Waals surface area (Å²) in [4.78, 5) is 30.2. The number of aromatic nitrogens is 2.